The molecule has 4 saturated carbocycles. The number of benzene rings is 1. The Labute approximate surface area is 160 Å². The van der Waals surface area contributed by atoms with Crippen molar-refractivity contribution < 1.29 is 23.7 Å². The van der Waals surface area contributed by atoms with Crippen LogP contribution in [0, 0.1) is 23.2 Å². The van der Waals surface area contributed by atoms with Gasteiger partial charge in [0.25, 0.3) is 0 Å². The quantitative estimate of drug-likeness (QED) is 0.584. The maximum Gasteiger partial charge on any atom is 0.317 e. The number of methoxy groups -OCH3 is 1. The molecule has 5 aliphatic rings. The van der Waals surface area contributed by atoms with Crippen LogP contribution in [-0.4, -0.2) is 25.8 Å². The Morgan fingerprint density at radius 3 is 2.30 bits per heavy atom. The van der Waals surface area contributed by atoms with Crippen molar-refractivity contribution in [2.24, 2.45) is 23.2 Å². The normalized spacial score (nSPS) is 39.6. The summed E-state index contributed by atoms with van der Waals surface area (Å²) in [5, 5.41) is 0. The van der Waals surface area contributed by atoms with Crippen molar-refractivity contribution in [1.82, 2.24) is 0 Å². The van der Waals surface area contributed by atoms with E-state index in [2.05, 4.69) is 0 Å². The Bertz CT molecular complexity index is 707. The van der Waals surface area contributed by atoms with Crippen molar-refractivity contribution in [2.75, 3.05) is 13.7 Å². The lowest BCUT2D eigenvalue weighted by atomic mass is 9.49. The highest BCUT2D eigenvalue weighted by Crippen LogP contribution is 2.60. The highest BCUT2D eigenvalue weighted by atomic mass is 16.7. The molecule has 5 heteroatoms. The topological polar surface area (TPSA) is 54.0 Å². The summed E-state index contributed by atoms with van der Waals surface area (Å²) in [4.78, 5) is 13.2. The lowest BCUT2D eigenvalue weighted by Crippen LogP contribution is -2.51. The second-order valence-electron chi connectivity index (χ2n) is 9.11. The standard InChI is InChI=1S/C22H28O5/c1-13-12-25-20(26-13)17-3-4-18(19(8-17)24-2)27-21(23)22-9-14-5-15(10-22)7-16(6-14)11-22/h3-4,8,13-16,20H,5-7,9-12H2,1-2H3. The van der Waals surface area contributed by atoms with Gasteiger partial charge in [-0.2, -0.15) is 0 Å². The van der Waals surface area contributed by atoms with Crippen LogP contribution < -0.4 is 9.47 Å². The second kappa shape index (κ2) is 6.49. The molecule has 2 atom stereocenters. The number of esters is 1. The van der Waals surface area contributed by atoms with Gasteiger partial charge in [-0.05, 0) is 81.4 Å². The van der Waals surface area contributed by atoms with Crippen LogP contribution in [-0.2, 0) is 14.3 Å². The van der Waals surface area contributed by atoms with Crippen LogP contribution in [0.2, 0.25) is 0 Å². The minimum atomic E-state index is -0.387. The van der Waals surface area contributed by atoms with Crippen LogP contribution in [0.5, 0.6) is 11.5 Å². The molecule has 1 saturated heterocycles. The molecule has 146 valence electrons. The van der Waals surface area contributed by atoms with Gasteiger partial charge in [0, 0.05) is 5.56 Å². The third-order valence-electron chi connectivity index (χ3n) is 6.97. The highest BCUT2D eigenvalue weighted by molar-refractivity contribution is 5.80. The fourth-order valence-electron chi connectivity index (χ4n) is 6.17. The van der Waals surface area contributed by atoms with E-state index in [1.165, 1.54) is 19.3 Å². The molecule has 0 spiro atoms. The van der Waals surface area contributed by atoms with Crippen molar-refractivity contribution in [3.05, 3.63) is 23.8 Å². The van der Waals surface area contributed by atoms with Gasteiger partial charge in [-0.25, -0.2) is 0 Å². The van der Waals surface area contributed by atoms with Gasteiger partial charge < -0.3 is 18.9 Å². The van der Waals surface area contributed by atoms with E-state index in [9.17, 15) is 4.79 Å². The molecule has 1 aliphatic heterocycles. The smallest absolute Gasteiger partial charge is 0.317 e. The summed E-state index contributed by atoms with van der Waals surface area (Å²) in [5.74, 6) is 3.13. The minimum absolute atomic E-state index is 0.0605. The molecule has 5 fully saturated rings. The number of ether oxygens (including phenoxy) is 4. The molecule has 27 heavy (non-hydrogen) atoms. The van der Waals surface area contributed by atoms with Crippen molar-refractivity contribution in [3.63, 3.8) is 0 Å². The van der Waals surface area contributed by atoms with Crippen LogP contribution >= 0.6 is 0 Å². The lowest BCUT2D eigenvalue weighted by Gasteiger charge is -2.55. The summed E-state index contributed by atoms with van der Waals surface area (Å²) in [7, 11) is 1.60. The first-order chi connectivity index (χ1) is 13.0. The average molecular weight is 372 g/mol. The first kappa shape index (κ1) is 17.5. The molecule has 1 aromatic carbocycles. The van der Waals surface area contributed by atoms with E-state index in [1.54, 1.807) is 7.11 Å². The van der Waals surface area contributed by atoms with E-state index in [-0.39, 0.29) is 23.8 Å². The molecule has 0 amide bonds. The summed E-state index contributed by atoms with van der Waals surface area (Å²) >= 11 is 0. The molecule has 4 aliphatic carbocycles. The molecule has 5 nitrogen and oxygen atoms in total. The molecule has 0 radical (unpaired) electrons. The van der Waals surface area contributed by atoms with Gasteiger partial charge in [0.2, 0.25) is 0 Å². The summed E-state index contributed by atoms with van der Waals surface area (Å²) in [6.07, 6.45) is 6.62. The predicted octanol–water partition coefficient (Wildman–Crippen LogP) is 4.25. The first-order valence-corrected chi connectivity index (χ1v) is 10.2. The van der Waals surface area contributed by atoms with E-state index in [4.69, 9.17) is 18.9 Å². The average Bonchev–Trinajstić information content (AvgIpc) is 3.07. The summed E-state index contributed by atoms with van der Waals surface area (Å²) in [6, 6.07) is 5.56. The van der Waals surface area contributed by atoms with E-state index < -0.39 is 0 Å². The number of hydrogen-bond acceptors (Lipinski definition) is 5. The number of rotatable bonds is 4. The van der Waals surface area contributed by atoms with E-state index in [1.807, 2.05) is 25.1 Å². The van der Waals surface area contributed by atoms with Crippen molar-refractivity contribution in [2.45, 2.75) is 57.8 Å². The predicted molar refractivity (Wildman–Crippen MR) is 98.5 cm³/mol. The lowest BCUT2D eigenvalue weighted by molar-refractivity contribution is -0.161. The number of hydrogen-bond donors (Lipinski definition) is 0. The molecule has 0 aromatic heterocycles. The molecule has 4 bridgehead atoms. The van der Waals surface area contributed by atoms with Gasteiger partial charge in [-0.15, -0.1) is 0 Å². The number of carbonyl (C=O) groups is 1. The van der Waals surface area contributed by atoms with Crippen LogP contribution in [0.3, 0.4) is 0 Å². The Kier molecular flexibility index (Phi) is 4.21. The summed E-state index contributed by atoms with van der Waals surface area (Å²) in [6.45, 7) is 2.56. The van der Waals surface area contributed by atoms with Gasteiger partial charge in [-0.1, -0.05) is 0 Å². The number of carbonyl (C=O) groups excluding carboxylic acids is 1. The highest BCUT2D eigenvalue weighted by Gasteiger charge is 2.55. The fourth-order valence-corrected chi connectivity index (χ4v) is 6.17. The maximum atomic E-state index is 13.2. The van der Waals surface area contributed by atoms with Crippen molar-refractivity contribution >= 4 is 5.97 Å². The molecule has 6 rings (SSSR count). The van der Waals surface area contributed by atoms with Gasteiger partial charge in [-0.3, -0.25) is 4.79 Å². The molecule has 0 N–H and O–H groups in total. The zero-order valence-corrected chi connectivity index (χ0v) is 16.1. The molecular weight excluding hydrogens is 344 g/mol. The minimum Gasteiger partial charge on any atom is -0.493 e. The van der Waals surface area contributed by atoms with Crippen LogP contribution in [0.15, 0.2) is 18.2 Å². The Hall–Kier alpha value is -1.59. The second-order valence-corrected chi connectivity index (χ2v) is 9.11. The fraction of sp³-hybridized carbons (Fsp3) is 0.682. The van der Waals surface area contributed by atoms with Crippen LogP contribution in [0.1, 0.15) is 57.3 Å². The van der Waals surface area contributed by atoms with Crippen molar-refractivity contribution in [1.29, 1.82) is 0 Å². The van der Waals surface area contributed by atoms with Crippen LogP contribution in [0.4, 0.5) is 0 Å². The summed E-state index contributed by atoms with van der Waals surface area (Å²) < 4.78 is 22.8. The molecule has 2 unspecified atom stereocenters. The first-order valence-electron chi connectivity index (χ1n) is 10.2. The molecular formula is C22H28O5. The van der Waals surface area contributed by atoms with Gasteiger partial charge in [0.05, 0.1) is 25.2 Å². The van der Waals surface area contributed by atoms with Gasteiger partial charge in [0.15, 0.2) is 17.8 Å². The molecule has 1 heterocycles. The van der Waals surface area contributed by atoms with E-state index >= 15 is 0 Å². The van der Waals surface area contributed by atoms with Gasteiger partial charge in [0.1, 0.15) is 0 Å². The largest absolute Gasteiger partial charge is 0.493 e. The monoisotopic (exact) mass is 372 g/mol. The Morgan fingerprint density at radius 1 is 1.07 bits per heavy atom. The molecule has 1 aromatic rings. The Balaban J connectivity index is 1.35. The summed E-state index contributed by atoms with van der Waals surface area (Å²) in [5.41, 5.74) is 0.608. The zero-order chi connectivity index (χ0) is 18.6. The zero-order valence-electron chi connectivity index (χ0n) is 16.1. The third kappa shape index (κ3) is 3.05. The SMILES string of the molecule is COc1cc(C2OCC(C)O2)ccc1OC(=O)C12CC3CC(CC(C3)C1)C2. The van der Waals surface area contributed by atoms with E-state index in [0.29, 0.717) is 35.9 Å². The van der Waals surface area contributed by atoms with Crippen molar-refractivity contribution in [3.8, 4) is 11.5 Å². The Morgan fingerprint density at radius 2 is 1.74 bits per heavy atom. The van der Waals surface area contributed by atoms with Gasteiger partial charge >= 0.3 is 5.97 Å². The maximum absolute atomic E-state index is 13.2. The van der Waals surface area contributed by atoms with E-state index in [0.717, 1.165) is 24.8 Å². The third-order valence-corrected chi connectivity index (χ3v) is 6.97. The van der Waals surface area contributed by atoms with Crippen LogP contribution in [0.25, 0.3) is 0 Å².